The van der Waals surface area contributed by atoms with Gasteiger partial charge in [-0.2, -0.15) is 0 Å². The Morgan fingerprint density at radius 2 is 1.69 bits per heavy atom. The van der Waals surface area contributed by atoms with Crippen LogP contribution in [0.4, 0.5) is 5.69 Å². The molecule has 0 amide bonds. The summed E-state index contributed by atoms with van der Waals surface area (Å²) in [5.41, 5.74) is 2.63. The highest BCUT2D eigenvalue weighted by Gasteiger charge is 2.22. The lowest BCUT2D eigenvalue weighted by molar-refractivity contribution is -0.383. The average molecular weight is 278 g/mol. The van der Waals surface area contributed by atoms with Crippen LogP contribution >= 0.6 is 15.9 Å². The Hall–Kier alpha value is -1.42. The van der Waals surface area contributed by atoms with E-state index in [1.54, 1.807) is 6.07 Å². The average Bonchev–Trinajstić information content (AvgIpc) is 2.67. The van der Waals surface area contributed by atoms with E-state index < -0.39 is 0 Å². The van der Waals surface area contributed by atoms with E-state index in [9.17, 15) is 10.1 Å². The molecule has 0 aliphatic heterocycles. The molecule has 0 unspecified atom stereocenters. The second-order valence-electron chi connectivity index (χ2n) is 3.96. The van der Waals surface area contributed by atoms with Gasteiger partial charge in [-0.25, -0.2) is 0 Å². The number of nitro groups is 1. The molecule has 0 saturated carbocycles. The summed E-state index contributed by atoms with van der Waals surface area (Å²) in [4.78, 5) is 10.7. The molecule has 0 N–H and O–H groups in total. The first kappa shape index (κ1) is 9.78. The molecule has 16 heavy (non-hydrogen) atoms. The van der Waals surface area contributed by atoms with E-state index in [-0.39, 0.29) is 10.6 Å². The number of hydrogen-bond donors (Lipinski definition) is 0. The number of nitrogens with zero attached hydrogens (tertiary/aromatic N) is 1. The molecule has 0 spiro atoms. The molecule has 0 aromatic heterocycles. The lowest BCUT2D eigenvalue weighted by Gasteiger charge is -2.04. The molecular weight excluding hydrogens is 270 g/mol. The van der Waals surface area contributed by atoms with Gasteiger partial charge in [-0.15, -0.1) is 0 Å². The maximum Gasteiger partial charge on any atom is 0.278 e. The largest absolute Gasteiger partial charge is 0.278 e. The summed E-state index contributed by atoms with van der Waals surface area (Å²) >= 11 is 3.41. The Labute approximate surface area is 100 Å². The normalized spacial score (nSPS) is 13.3. The van der Waals surface area contributed by atoms with Gasteiger partial charge >= 0.3 is 0 Å². The summed E-state index contributed by atoms with van der Waals surface area (Å²) in [6.45, 7) is 0. The van der Waals surface area contributed by atoms with E-state index in [0.29, 0.717) is 0 Å². The third-order valence-corrected chi connectivity index (χ3v) is 3.78. The summed E-state index contributed by atoms with van der Waals surface area (Å²) in [7, 11) is 0. The first-order valence-electron chi connectivity index (χ1n) is 5.06. The maximum atomic E-state index is 11.0. The summed E-state index contributed by atoms with van der Waals surface area (Å²) < 4.78 is 0.807. The van der Waals surface area contributed by atoms with E-state index in [1.165, 1.54) is 11.1 Å². The Balaban J connectivity index is 2.53. The zero-order chi connectivity index (χ0) is 11.3. The van der Waals surface area contributed by atoms with Crippen LogP contribution in [0.1, 0.15) is 11.1 Å². The number of aryl methyl sites for hydroxylation is 2. The second-order valence-corrected chi connectivity index (χ2v) is 4.81. The van der Waals surface area contributed by atoms with Crippen molar-refractivity contribution >= 4 is 32.4 Å². The molecule has 0 bridgehead atoms. The summed E-state index contributed by atoms with van der Waals surface area (Å²) in [6.07, 6.45) is 1.97. The van der Waals surface area contributed by atoms with Gasteiger partial charge in [0.25, 0.3) is 5.69 Å². The summed E-state index contributed by atoms with van der Waals surface area (Å²) in [6, 6.07) is 7.44. The molecule has 2 aromatic carbocycles. The standard InChI is InChI=1S/C12H8BrNO2/c13-9-5-3-7-1-2-8-4-6-10(14(15)16)12(9)11(7)8/h3-6H,1-2H2. The Morgan fingerprint density at radius 1 is 1.06 bits per heavy atom. The fourth-order valence-electron chi connectivity index (χ4n) is 2.42. The van der Waals surface area contributed by atoms with Crippen molar-refractivity contribution in [3.63, 3.8) is 0 Å². The van der Waals surface area contributed by atoms with Crippen molar-refractivity contribution < 1.29 is 4.92 Å². The minimum atomic E-state index is -0.314. The minimum Gasteiger partial charge on any atom is -0.258 e. The van der Waals surface area contributed by atoms with Gasteiger partial charge in [0.1, 0.15) is 0 Å². The van der Waals surface area contributed by atoms with Crippen LogP contribution in [0.2, 0.25) is 0 Å². The van der Waals surface area contributed by atoms with Crippen molar-refractivity contribution in [2.24, 2.45) is 0 Å². The third kappa shape index (κ3) is 1.19. The van der Waals surface area contributed by atoms with Gasteiger partial charge in [0, 0.05) is 10.5 Å². The van der Waals surface area contributed by atoms with Crippen LogP contribution in [0.3, 0.4) is 0 Å². The van der Waals surface area contributed by atoms with Crippen LogP contribution in [0.25, 0.3) is 10.8 Å². The predicted octanol–water partition coefficient (Wildman–Crippen LogP) is 3.61. The maximum absolute atomic E-state index is 11.0. The van der Waals surface area contributed by atoms with Crippen molar-refractivity contribution in [2.45, 2.75) is 12.8 Å². The van der Waals surface area contributed by atoms with Crippen molar-refractivity contribution in [3.8, 4) is 0 Å². The number of benzene rings is 2. The highest BCUT2D eigenvalue weighted by molar-refractivity contribution is 9.10. The molecular formula is C12H8BrNO2. The Bertz CT molecular complexity index is 612. The van der Waals surface area contributed by atoms with Crippen molar-refractivity contribution in [1.29, 1.82) is 0 Å². The van der Waals surface area contributed by atoms with Crippen molar-refractivity contribution in [2.75, 3.05) is 0 Å². The molecule has 0 saturated heterocycles. The topological polar surface area (TPSA) is 43.1 Å². The zero-order valence-electron chi connectivity index (χ0n) is 8.37. The van der Waals surface area contributed by atoms with Crippen LogP contribution in [0.15, 0.2) is 28.7 Å². The lowest BCUT2D eigenvalue weighted by atomic mass is 10.0. The summed E-state index contributed by atoms with van der Waals surface area (Å²) in [5.74, 6) is 0. The Kier molecular flexibility index (Phi) is 2.01. The van der Waals surface area contributed by atoms with Crippen LogP contribution in [0, 0.1) is 10.1 Å². The van der Waals surface area contributed by atoms with Gasteiger partial charge in [0.15, 0.2) is 0 Å². The highest BCUT2D eigenvalue weighted by Crippen LogP contribution is 2.40. The van der Waals surface area contributed by atoms with Gasteiger partial charge in [-0.3, -0.25) is 10.1 Å². The van der Waals surface area contributed by atoms with Gasteiger partial charge in [0.05, 0.1) is 10.3 Å². The van der Waals surface area contributed by atoms with Crippen LogP contribution in [0.5, 0.6) is 0 Å². The molecule has 4 heteroatoms. The zero-order valence-corrected chi connectivity index (χ0v) is 9.95. The van der Waals surface area contributed by atoms with E-state index in [4.69, 9.17) is 0 Å². The number of nitro benzene ring substituents is 1. The molecule has 3 rings (SSSR count). The molecule has 2 aromatic rings. The smallest absolute Gasteiger partial charge is 0.258 e. The van der Waals surface area contributed by atoms with Crippen LogP contribution < -0.4 is 0 Å². The molecule has 0 radical (unpaired) electrons. The number of hydrogen-bond acceptors (Lipinski definition) is 2. The molecule has 80 valence electrons. The summed E-state index contributed by atoms with van der Waals surface area (Å²) in [5, 5.41) is 12.8. The lowest BCUT2D eigenvalue weighted by Crippen LogP contribution is -1.91. The fourth-order valence-corrected chi connectivity index (χ4v) is 2.96. The quantitative estimate of drug-likeness (QED) is 0.590. The van der Waals surface area contributed by atoms with E-state index in [1.807, 2.05) is 18.2 Å². The van der Waals surface area contributed by atoms with Gasteiger partial charge in [0.2, 0.25) is 0 Å². The molecule has 0 atom stereocenters. The first-order valence-corrected chi connectivity index (χ1v) is 5.85. The van der Waals surface area contributed by atoms with E-state index in [2.05, 4.69) is 15.9 Å². The minimum absolute atomic E-state index is 0.189. The molecule has 0 heterocycles. The van der Waals surface area contributed by atoms with Gasteiger partial charge in [-0.1, -0.05) is 12.1 Å². The Morgan fingerprint density at radius 3 is 2.31 bits per heavy atom. The van der Waals surface area contributed by atoms with Gasteiger partial charge in [-0.05, 0) is 51.4 Å². The van der Waals surface area contributed by atoms with E-state index in [0.717, 1.165) is 28.1 Å². The van der Waals surface area contributed by atoms with Crippen LogP contribution in [-0.4, -0.2) is 4.92 Å². The first-order chi connectivity index (χ1) is 7.68. The fraction of sp³-hybridized carbons (Fsp3) is 0.167. The van der Waals surface area contributed by atoms with E-state index >= 15 is 0 Å². The predicted molar refractivity (Wildman–Crippen MR) is 65.7 cm³/mol. The van der Waals surface area contributed by atoms with Crippen LogP contribution in [-0.2, 0) is 12.8 Å². The molecule has 3 nitrogen and oxygen atoms in total. The molecule has 0 fully saturated rings. The van der Waals surface area contributed by atoms with Crippen molar-refractivity contribution in [1.82, 2.24) is 0 Å². The monoisotopic (exact) mass is 277 g/mol. The van der Waals surface area contributed by atoms with Gasteiger partial charge < -0.3 is 0 Å². The SMILES string of the molecule is O=[N+]([O-])c1ccc2c3c(ccc(Br)c13)CC2. The molecule has 1 aliphatic rings. The number of halogens is 1. The highest BCUT2D eigenvalue weighted by atomic mass is 79.9. The van der Waals surface area contributed by atoms with Crippen molar-refractivity contribution in [3.05, 3.63) is 50.0 Å². The second kappa shape index (κ2) is 3.28. The molecule has 1 aliphatic carbocycles. The third-order valence-electron chi connectivity index (χ3n) is 3.12. The number of rotatable bonds is 1. The number of non-ortho nitro benzene ring substituents is 1.